The van der Waals surface area contributed by atoms with Crippen molar-refractivity contribution in [2.75, 3.05) is 43.9 Å². The number of amides is 1. The summed E-state index contributed by atoms with van der Waals surface area (Å²) in [6.45, 7) is 5.72. The summed E-state index contributed by atoms with van der Waals surface area (Å²) >= 11 is 3.43. The van der Waals surface area contributed by atoms with Crippen LogP contribution in [0.3, 0.4) is 0 Å². The minimum absolute atomic E-state index is 0.0392. The van der Waals surface area contributed by atoms with E-state index in [1.807, 2.05) is 18.7 Å². The molecule has 7 heteroatoms. The Balaban J connectivity index is 2.96. The molecule has 0 fully saturated rings. The molecule has 19 heavy (non-hydrogen) atoms. The quantitative estimate of drug-likeness (QED) is 0.858. The van der Waals surface area contributed by atoms with Crippen LogP contribution < -0.4 is 10.2 Å². The zero-order chi connectivity index (χ0) is 14.4. The molecular formula is C12H20BrN5O. The summed E-state index contributed by atoms with van der Waals surface area (Å²) in [6.07, 6.45) is 1.70. The van der Waals surface area contributed by atoms with Crippen LogP contribution in [0.15, 0.2) is 10.7 Å². The fourth-order valence-electron chi connectivity index (χ4n) is 1.46. The number of hydrogen-bond donors (Lipinski definition) is 1. The van der Waals surface area contributed by atoms with Gasteiger partial charge in [-0.05, 0) is 29.8 Å². The summed E-state index contributed by atoms with van der Waals surface area (Å²) in [5.41, 5.74) is 0. The Hall–Kier alpha value is -1.37. The van der Waals surface area contributed by atoms with E-state index in [0.717, 1.165) is 16.8 Å². The largest absolute Gasteiger partial charge is 0.354 e. The number of carbonyl (C=O) groups excluding carboxylic acids is 1. The summed E-state index contributed by atoms with van der Waals surface area (Å²) in [4.78, 5) is 23.9. The van der Waals surface area contributed by atoms with Gasteiger partial charge in [0, 0.05) is 33.4 Å². The van der Waals surface area contributed by atoms with Crippen molar-refractivity contribution in [1.29, 1.82) is 0 Å². The molecule has 0 bridgehead atoms. The van der Waals surface area contributed by atoms with Gasteiger partial charge in [0.2, 0.25) is 11.9 Å². The average molecular weight is 330 g/mol. The molecule has 0 atom stereocenters. The van der Waals surface area contributed by atoms with E-state index in [-0.39, 0.29) is 5.91 Å². The molecule has 1 aromatic rings. The number of aromatic nitrogens is 2. The number of rotatable bonds is 6. The Bertz CT molecular complexity index is 438. The van der Waals surface area contributed by atoms with Crippen molar-refractivity contribution in [1.82, 2.24) is 14.9 Å². The first kappa shape index (κ1) is 15.7. The third-order valence-corrected chi connectivity index (χ3v) is 3.13. The number of halogens is 1. The van der Waals surface area contributed by atoms with Gasteiger partial charge < -0.3 is 15.1 Å². The fourth-order valence-corrected chi connectivity index (χ4v) is 1.91. The fraction of sp³-hybridized carbons (Fsp3) is 0.583. The SMILES string of the molecule is CCNc1ncc(Br)c(N(CC)CC(=O)N(C)C)n1. The maximum atomic E-state index is 11.8. The lowest BCUT2D eigenvalue weighted by Gasteiger charge is -2.24. The third-order valence-electron chi connectivity index (χ3n) is 2.57. The first-order valence-corrected chi connectivity index (χ1v) is 7.00. The highest BCUT2D eigenvalue weighted by Crippen LogP contribution is 2.24. The van der Waals surface area contributed by atoms with E-state index in [0.29, 0.717) is 19.0 Å². The predicted octanol–water partition coefficient (Wildman–Crippen LogP) is 1.59. The van der Waals surface area contributed by atoms with Crippen LogP contribution in [0.25, 0.3) is 0 Å². The molecule has 0 radical (unpaired) electrons. The van der Waals surface area contributed by atoms with E-state index >= 15 is 0 Å². The first-order valence-electron chi connectivity index (χ1n) is 6.21. The Morgan fingerprint density at radius 2 is 2.11 bits per heavy atom. The van der Waals surface area contributed by atoms with Crippen LogP contribution in [0.1, 0.15) is 13.8 Å². The molecule has 0 aromatic carbocycles. The molecular weight excluding hydrogens is 310 g/mol. The average Bonchev–Trinajstić information content (AvgIpc) is 2.38. The number of carbonyl (C=O) groups is 1. The van der Waals surface area contributed by atoms with Crippen molar-refractivity contribution in [3.8, 4) is 0 Å². The Kier molecular flexibility index (Phi) is 6.01. The lowest BCUT2D eigenvalue weighted by Crippen LogP contribution is -2.37. The van der Waals surface area contributed by atoms with Gasteiger partial charge in [0.05, 0.1) is 11.0 Å². The van der Waals surface area contributed by atoms with Crippen molar-refractivity contribution < 1.29 is 4.79 Å². The molecule has 1 amide bonds. The van der Waals surface area contributed by atoms with E-state index in [2.05, 4.69) is 31.2 Å². The number of nitrogens with one attached hydrogen (secondary N) is 1. The molecule has 106 valence electrons. The lowest BCUT2D eigenvalue weighted by molar-refractivity contribution is -0.127. The Morgan fingerprint density at radius 3 is 2.63 bits per heavy atom. The van der Waals surface area contributed by atoms with E-state index in [4.69, 9.17) is 0 Å². The lowest BCUT2D eigenvalue weighted by atomic mass is 10.4. The molecule has 0 unspecified atom stereocenters. The van der Waals surface area contributed by atoms with Gasteiger partial charge in [-0.15, -0.1) is 0 Å². The number of likely N-dealkylation sites (N-methyl/N-ethyl adjacent to an activating group) is 2. The second-order valence-electron chi connectivity index (χ2n) is 4.20. The second-order valence-corrected chi connectivity index (χ2v) is 5.05. The molecule has 0 aliphatic heterocycles. The van der Waals surface area contributed by atoms with Gasteiger partial charge in [0.25, 0.3) is 0 Å². The monoisotopic (exact) mass is 329 g/mol. The second kappa shape index (κ2) is 7.28. The Morgan fingerprint density at radius 1 is 1.42 bits per heavy atom. The van der Waals surface area contributed by atoms with Crippen LogP contribution in [0.4, 0.5) is 11.8 Å². The minimum Gasteiger partial charge on any atom is -0.354 e. The van der Waals surface area contributed by atoms with E-state index < -0.39 is 0 Å². The summed E-state index contributed by atoms with van der Waals surface area (Å²) in [7, 11) is 3.49. The minimum atomic E-state index is 0.0392. The Labute approximate surface area is 122 Å². The summed E-state index contributed by atoms with van der Waals surface area (Å²) in [6, 6.07) is 0. The molecule has 0 saturated heterocycles. The van der Waals surface area contributed by atoms with Gasteiger partial charge in [-0.3, -0.25) is 4.79 Å². The summed E-state index contributed by atoms with van der Waals surface area (Å²) < 4.78 is 0.780. The zero-order valence-electron chi connectivity index (χ0n) is 11.8. The first-order chi connectivity index (χ1) is 8.99. The van der Waals surface area contributed by atoms with E-state index in [1.54, 1.807) is 25.2 Å². The van der Waals surface area contributed by atoms with Gasteiger partial charge in [-0.1, -0.05) is 0 Å². The van der Waals surface area contributed by atoms with Gasteiger partial charge in [0.1, 0.15) is 5.82 Å². The summed E-state index contributed by atoms with van der Waals surface area (Å²) in [5, 5.41) is 3.07. The van der Waals surface area contributed by atoms with Crippen LogP contribution in [0.5, 0.6) is 0 Å². The van der Waals surface area contributed by atoms with Crippen molar-refractivity contribution in [3.05, 3.63) is 10.7 Å². The molecule has 0 aliphatic rings. The van der Waals surface area contributed by atoms with E-state index in [1.165, 1.54) is 0 Å². The highest BCUT2D eigenvalue weighted by atomic mass is 79.9. The smallest absolute Gasteiger partial charge is 0.241 e. The molecule has 1 aromatic heterocycles. The maximum Gasteiger partial charge on any atom is 0.241 e. The molecule has 1 rings (SSSR count). The third kappa shape index (κ3) is 4.34. The maximum absolute atomic E-state index is 11.8. The molecule has 0 saturated carbocycles. The molecule has 1 N–H and O–H groups in total. The van der Waals surface area contributed by atoms with Crippen LogP contribution in [0.2, 0.25) is 0 Å². The molecule has 6 nitrogen and oxygen atoms in total. The van der Waals surface area contributed by atoms with E-state index in [9.17, 15) is 4.79 Å². The normalized spacial score (nSPS) is 10.2. The van der Waals surface area contributed by atoms with Crippen LogP contribution in [-0.4, -0.2) is 54.5 Å². The highest BCUT2D eigenvalue weighted by molar-refractivity contribution is 9.10. The summed E-state index contributed by atoms with van der Waals surface area (Å²) in [5.74, 6) is 1.33. The van der Waals surface area contributed by atoms with Crippen LogP contribution in [0, 0.1) is 0 Å². The van der Waals surface area contributed by atoms with Gasteiger partial charge in [-0.25, -0.2) is 4.98 Å². The zero-order valence-corrected chi connectivity index (χ0v) is 13.4. The van der Waals surface area contributed by atoms with Crippen molar-refractivity contribution in [2.24, 2.45) is 0 Å². The molecule has 0 aliphatic carbocycles. The predicted molar refractivity (Wildman–Crippen MR) is 80.5 cm³/mol. The topological polar surface area (TPSA) is 61.4 Å². The highest BCUT2D eigenvalue weighted by Gasteiger charge is 2.16. The van der Waals surface area contributed by atoms with Crippen molar-refractivity contribution in [2.45, 2.75) is 13.8 Å². The molecule has 0 spiro atoms. The molecule has 1 heterocycles. The van der Waals surface area contributed by atoms with Crippen LogP contribution >= 0.6 is 15.9 Å². The standard InChI is InChI=1S/C12H20BrN5O/c1-5-14-12-15-7-9(13)11(16-12)18(6-2)8-10(19)17(3)4/h7H,5-6,8H2,1-4H3,(H,14,15,16). The van der Waals surface area contributed by atoms with Crippen molar-refractivity contribution in [3.63, 3.8) is 0 Å². The number of anilines is 2. The van der Waals surface area contributed by atoms with Gasteiger partial charge in [-0.2, -0.15) is 4.98 Å². The number of nitrogens with zero attached hydrogens (tertiary/aromatic N) is 4. The number of hydrogen-bond acceptors (Lipinski definition) is 5. The van der Waals surface area contributed by atoms with Gasteiger partial charge in [0.15, 0.2) is 0 Å². The van der Waals surface area contributed by atoms with Crippen LogP contribution in [-0.2, 0) is 4.79 Å². The van der Waals surface area contributed by atoms with Gasteiger partial charge >= 0.3 is 0 Å². The van der Waals surface area contributed by atoms with Crippen molar-refractivity contribution >= 4 is 33.6 Å².